The molecule has 2 saturated carbocycles. The van der Waals surface area contributed by atoms with Crippen LogP contribution in [0.1, 0.15) is 114 Å². The topological polar surface area (TPSA) is 0 Å². The van der Waals surface area contributed by atoms with Gasteiger partial charge in [0.25, 0.3) is 0 Å². The third-order valence-electron chi connectivity index (χ3n) is 7.62. The monoisotopic (exact) mass is 402 g/mol. The van der Waals surface area contributed by atoms with Crippen LogP contribution in [0.3, 0.4) is 0 Å². The Labute approximate surface area is 177 Å². The standard InChI is InChI=1S/C27H40F2/c1-3-5-6-8-26(28)24-17-18-25(27(29)19-24)23-15-13-22(14-16-23)21-11-9-20(7-4-2)10-12-21/h8,17-23H,3-7,9-16H2,1-2H3/b26-8+/t20?,21?,22-,23-. The summed E-state index contributed by atoms with van der Waals surface area (Å²) < 4.78 is 29.0. The van der Waals surface area contributed by atoms with Crippen molar-refractivity contribution in [1.82, 2.24) is 0 Å². The summed E-state index contributed by atoms with van der Waals surface area (Å²) in [5.74, 6) is 2.52. The van der Waals surface area contributed by atoms with Gasteiger partial charge < -0.3 is 0 Å². The van der Waals surface area contributed by atoms with E-state index in [0.29, 0.717) is 11.5 Å². The predicted molar refractivity (Wildman–Crippen MR) is 120 cm³/mol. The van der Waals surface area contributed by atoms with Gasteiger partial charge in [0.1, 0.15) is 11.6 Å². The molecule has 0 aliphatic heterocycles. The Morgan fingerprint density at radius 2 is 1.59 bits per heavy atom. The highest BCUT2D eigenvalue weighted by molar-refractivity contribution is 5.59. The minimum atomic E-state index is -0.286. The van der Waals surface area contributed by atoms with Crippen LogP contribution in [-0.4, -0.2) is 0 Å². The molecule has 0 spiro atoms. The Hall–Kier alpha value is -1.18. The molecule has 162 valence electrons. The number of hydrogen-bond donors (Lipinski definition) is 0. The highest BCUT2D eigenvalue weighted by Gasteiger charge is 2.31. The maximum atomic E-state index is 14.8. The first-order valence-corrected chi connectivity index (χ1v) is 12.3. The molecule has 0 atom stereocenters. The van der Waals surface area contributed by atoms with Gasteiger partial charge in [-0.1, -0.05) is 58.1 Å². The molecule has 29 heavy (non-hydrogen) atoms. The van der Waals surface area contributed by atoms with Crippen molar-refractivity contribution in [2.75, 3.05) is 0 Å². The van der Waals surface area contributed by atoms with Crippen molar-refractivity contribution in [3.05, 3.63) is 41.2 Å². The summed E-state index contributed by atoms with van der Waals surface area (Å²) in [6, 6.07) is 5.03. The van der Waals surface area contributed by atoms with Gasteiger partial charge in [0.15, 0.2) is 0 Å². The minimum Gasteiger partial charge on any atom is -0.207 e. The summed E-state index contributed by atoms with van der Waals surface area (Å²) >= 11 is 0. The van der Waals surface area contributed by atoms with Crippen LogP contribution in [0, 0.1) is 23.6 Å². The zero-order valence-electron chi connectivity index (χ0n) is 18.6. The molecule has 0 bridgehead atoms. The number of benzene rings is 1. The van der Waals surface area contributed by atoms with Crippen LogP contribution in [0.2, 0.25) is 0 Å². The van der Waals surface area contributed by atoms with Gasteiger partial charge in [0, 0.05) is 5.56 Å². The van der Waals surface area contributed by atoms with Gasteiger partial charge in [0.05, 0.1) is 0 Å². The second-order valence-corrected chi connectivity index (χ2v) is 9.61. The lowest BCUT2D eigenvalue weighted by Crippen LogP contribution is -2.25. The summed E-state index contributed by atoms with van der Waals surface area (Å²) in [6.07, 6.45) is 17.4. The fourth-order valence-corrected chi connectivity index (χ4v) is 5.82. The first kappa shape index (κ1) is 22.5. The van der Waals surface area contributed by atoms with Gasteiger partial charge in [-0.2, -0.15) is 0 Å². The van der Waals surface area contributed by atoms with E-state index in [-0.39, 0.29) is 11.6 Å². The van der Waals surface area contributed by atoms with Gasteiger partial charge in [-0.25, -0.2) is 8.78 Å². The Morgan fingerprint density at radius 3 is 2.17 bits per heavy atom. The summed E-state index contributed by atoms with van der Waals surface area (Å²) in [7, 11) is 0. The predicted octanol–water partition coefficient (Wildman–Crippen LogP) is 9.21. The molecule has 2 aliphatic carbocycles. The van der Waals surface area contributed by atoms with Gasteiger partial charge in [0.2, 0.25) is 0 Å². The smallest absolute Gasteiger partial charge is 0.127 e. The Bertz CT molecular complexity index is 647. The number of allylic oxidation sites excluding steroid dienone is 1. The lowest BCUT2D eigenvalue weighted by atomic mass is 9.68. The molecule has 3 rings (SSSR count). The SMILES string of the molecule is CCCC/C=C(/F)c1ccc([C@H]2CC[C@H](C3CCC(CCC)CC3)CC2)c(F)c1. The van der Waals surface area contributed by atoms with E-state index < -0.39 is 0 Å². The Kier molecular flexibility index (Phi) is 8.75. The molecule has 0 saturated heterocycles. The molecule has 0 unspecified atom stereocenters. The van der Waals surface area contributed by atoms with Gasteiger partial charge in [-0.15, -0.1) is 0 Å². The second kappa shape index (κ2) is 11.3. The van der Waals surface area contributed by atoms with E-state index >= 15 is 0 Å². The molecular weight excluding hydrogens is 362 g/mol. The Morgan fingerprint density at radius 1 is 0.931 bits per heavy atom. The average molecular weight is 403 g/mol. The van der Waals surface area contributed by atoms with Crippen LogP contribution in [0.15, 0.2) is 24.3 Å². The van der Waals surface area contributed by atoms with E-state index in [1.165, 1.54) is 57.4 Å². The zero-order chi connectivity index (χ0) is 20.6. The van der Waals surface area contributed by atoms with Crippen molar-refractivity contribution in [1.29, 1.82) is 0 Å². The molecule has 1 aromatic carbocycles. The van der Waals surface area contributed by atoms with Crippen LogP contribution < -0.4 is 0 Å². The number of hydrogen-bond acceptors (Lipinski definition) is 0. The van der Waals surface area contributed by atoms with E-state index in [1.54, 1.807) is 12.1 Å². The third kappa shape index (κ3) is 6.15. The van der Waals surface area contributed by atoms with E-state index in [4.69, 9.17) is 0 Å². The summed E-state index contributed by atoms with van der Waals surface area (Å²) in [5.41, 5.74) is 1.19. The number of rotatable bonds is 8. The van der Waals surface area contributed by atoms with Crippen molar-refractivity contribution in [3.8, 4) is 0 Å². The van der Waals surface area contributed by atoms with Crippen molar-refractivity contribution >= 4 is 5.83 Å². The molecular formula is C27H40F2. The maximum absolute atomic E-state index is 14.8. The highest BCUT2D eigenvalue weighted by Crippen LogP contribution is 2.45. The fourth-order valence-electron chi connectivity index (χ4n) is 5.82. The Balaban J connectivity index is 1.52. The zero-order valence-corrected chi connectivity index (χ0v) is 18.6. The summed E-state index contributed by atoms with van der Waals surface area (Å²) in [6.45, 7) is 4.39. The second-order valence-electron chi connectivity index (χ2n) is 9.61. The first-order valence-electron chi connectivity index (χ1n) is 12.3. The lowest BCUT2D eigenvalue weighted by molar-refractivity contribution is 0.156. The molecule has 0 heterocycles. The normalized spacial score (nSPS) is 28.5. The molecule has 2 heteroatoms. The van der Waals surface area contributed by atoms with E-state index in [0.717, 1.165) is 55.4 Å². The van der Waals surface area contributed by atoms with E-state index in [2.05, 4.69) is 13.8 Å². The number of halogens is 2. The molecule has 0 aromatic heterocycles. The van der Waals surface area contributed by atoms with Crippen LogP contribution in [0.5, 0.6) is 0 Å². The molecule has 0 radical (unpaired) electrons. The van der Waals surface area contributed by atoms with E-state index in [9.17, 15) is 8.78 Å². The minimum absolute atomic E-state index is 0.218. The molecule has 2 fully saturated rings. The van der Waals surface area contributed by atoms with Crippen LogP contribution in [0.4, 0.5) is 8.78 Å². The molecule has 1 aromatic rings. The molecule has 2 aliphatic rings. The molecule has 0 amide bonds. The van der Waals surface area contributed by atoms with Crippen LogP contribution >= 0.6 is 0 Å². The largest absolute Gasteiger partial charge is 0.207 e. The molecule has 0 N–H and O–H groups in total. The van der Waals surface area contributed by atoms with Gasteiger partial charge in [-0.3, -0.25) is 0 Å². The van der Waals surface area contributed by atoms with Crippen LogP contribution in [0.25, 0.3) is 5.83 Å². The quantitative estimate of drug-likeness (QED) is 0.380. The third-order valence-corrected chi connectivity index (χ3v) is 7.62. The van der Waals surface area contributed by atoms with Gasteiger partial charge >= 0.3 is 0 Å². The first-order chi connectivity index (χ1) is 14.1. The lowest BCUT2D eigenvalue weighted by Gasteiger charge is -2.38. The van der Waals surface area contributed by atoms with Crippen molar-refractivity contribution in [2.45, 2.75) is 103 Å². The number of unbranched alkanes of at least 4 members (excludes halogenated alkanes) is 2. The van der Waals surface area contributed by atoms with Crippen molar-refractivity contribution in [2.24, 2.45) is 17.8 Å². The summed E-state index contributed by atoms with van der Waals surface area (Å²) in [5, 5.41) is 0. The van der Waals surface area contributed by atoms with Crippen molar-refractivity contribution in [3.63, 3.8) is 0 Å². The van der Waals surface area contributed by atoms with E-state index in [1.807, 2.05) is 6.07 Å². The average Bonchev–Trinajstić information content (AvgIpc) is 2.75. The highest BCUT2D eigenvalue weighted by atomic mass is 19.1. The molecule has 0 nitrogen and oxygen atoms in total. The van der Waals surface area contributed by atoms with Crippen molar-refractivity contribution < 1.29 is 8.78 Å². The maximum Gasteiger partial charge on any atom is 0.127 e. The summed E-state index contributed by atoms with van der Waals surface area (Å²) in [4.78, 5) is 0. The van der Waals surface area contributed by atoms with Crippen LogP contribution in [-0.2, 0) is 0 Å². The fraction of sp³-hybridized carbons (Fsp3) is 0.704. The van der Waals surface area contributed by atoms with Gasteiger partial charge in [-0.05, 0) is 92.7 Å².